The van der Waals surface area contributed by atoms with Crippen molar-refractivity contribution in [2.75, 3.05) is 13.7 Å². The average molecular weight is 202 g/mol. The van der Waals surface area contributed by atoms with Gasteiger partial charge >= 0.3 is 6.09 Å². The Hall–Kier alpha value is -1.10. The van der Waals surface area contributed by atoms with Crippen LogP contribution in [0.3, 0.4) is 0 Å². The number of ether oxygens (including phenoxy) is 2. The molecule has 0 fully saturated rings. The molecule has 0 radical (unpaired) electrons. The van der Waals surface area contributed by atoms with Gasteiger partial charge in [-0.3, -0.25) is 0 Å². The van der Waals surface area contributed by atoms with Crippen molar-refractivity contribution >= 4 is 11.8 Å². The van der Waals surface area contributed by atoms with E-state index in [1.54, 1.807) is 34.8 Å². The normalized spacial score (nSPS) is 12.5. The molecule has 5 nitrogen and oxygen atoms in total. The van der Waals surface area contributed by atoms with E-state index in [9.17, 15) is 4.79 Å². The van der Waals surface area contributed by atoms with Crippen LogP contribution in [0.25, 0.3) is 0 Å². The van der Waals surface area contributed by atoms with Gasteiger partial charge in [0.2, 0.25) is 0 Å². The van der Waals surface area contributed by atoms with Gasteiger partial charge in [0, 0.05) is 7.11 Å². The number of hydrazone groups is 1. The second kappa shape index (κ2) is 5.59. The fraction of sp³-hybridized carbons (Fsp3) is 0.778. The van der Waals surface area contributed by atoms with Crippen molar-refractivity contribution < 1.29 is 14.3 Å². The van der Waals surface area contributed by atoms with Gasteiger partial charge in [0.15, 0.2) is 0 Å². The van der Waals surface area contributed by atoms with Gasteiger partial charge in [0.05, 0.1) is 12.3 Å². The first-order valence-corrected chi connectivity index (χ1v) is 4.36. The minimum Gasteiger partial charge on any atom is -0.443 e. The fourth-order valence-electron chi connectivity index (χ4n) is 0.683. The van der Waals surface area contributed by atoms with E-state index in [0.717, 1.165) is 0 Å². The van der Waals surface area contributed by atoms with Crippen molar-refractivity contribution in [3.05, 3.63) is 0 Å². The molecule has 0 aliphatic carbocycles. The molecule has 0 aromatic heterocycles. The number of hydrogen-bond acceptors (Lipinski definition) is 4. The molecule has 0 aromatic carbocycles. The molecule has 0 rings (SSSR count). The smallest absolute Gasteiger partial charge is 0.428 e. The molecule has 5 heteroatoms. The molecular weight excluding hydrogens is 184 g/mol. The Bertz CT molecular complexity index is 219. The third-order valence-corrected chi connectivity index (χ3v) is 1.09. The van der Waals surface area contributed by atoms with Crippen LogP contribution in [0.2, 0.25) is 0 Å². The molecule has 0 heterocycles. The fourth-order valence-corrected chi connectivity index (χ4v) is 0.683. The largest absolute Gasteiger partial charge is 0.443 e. The Morgan fingerprint density at radius 2 is 2.00 bits per heavy atom. The number of carbonyl (C=O) groups excluding carboxylic acids is 1. The SMILES string of the molecule is COC/C(C)=N\NC(=O)OC(C)(C)C. The van der Waals surface area contributed by atoms with Crippen LogP contribution in [-0.2, 0) is 9.47 Å². The Balaban J connectivity index is 3.90. The molecule has 14 heavy (non-hydrogen) atoms. The van der Waals surface area contributed by atoms with Crippen LogP contribution in [0, 0.1) is 0 Å². The predicted molar refractivity (Wildman–Crippen MR) is 54.4 cm³/mol. The predicted octanol–water partition coefficient (Wildman–Crippen LogP) is 1.53. The average Bonchev–Trinajstić information content (AvgIpc) is 1.98. The molecule has 1 N–H and O–H groups in total. The number of amides is 1. The highest BCUT2D eigenvalue weighted by Crippen LogP contribution is 2.06. The number of hydrogen-bond donors (Lipinski definition) is 1. The van der Waals surface area contributed by atoms with E-state index in [0.29, 0.717) is 12.3 Å². The van der Waals surface area contributed by atoms with Gasteiger partial charge in [0.25, 0.3) is 0 Å². The molecule has 0 saturated heterocycles. The van der Waals surface area contributed by atoms with E-state index in [2.05, 4.69) is 10.5 Å². The zero-order valence-electron chi connectivity index (χ0n) is 9.38. The van der Waals surface area contributed by atoms with E-state index in [-0.39, 0.29) is 0 Å². The second-order valence-electron chi connectivity index (χ2n) is 3.89. The molecule has 0 aromatic rings. The highest BCUT2D eigenvalue weighted by molar-refractivity contribution is 5.84. The van der Waals surface area contributed by atoms with Gasteiger partial charge < -0.3 is 9.47 Å². The minimum absolute atomic E-state index is 0.385. The summed E-state index contributed by atoms with van der Waals surface area (Å²) in [5, 5.41) is 3.77. The summed E-state index contributed by atoms with van der Waals surface area (Å²) in [6.07, 6.45) is -0.562. The highest BCUT2D eigenvalue weighted by Gasteiger charge is 2.15. The topological polar surface area (TPSA) is 59.9 Å². The summed E-state index contributed by atoms with van der Waals surface area (Å²) >= 11 is 0. The summed E-state index contributed by atoms with van der Waals surface area (Å²) < 4.78 is 9.78. The van der Waals surface area contributed by atoms with Crippen LogP contribution in [0.4, 0.5) is 4.79 Å². The first-order valence-electron chi connectivity index (χ1n) is 4.36. The number of nitrogens with one attached hydrogen (secondary N) is 1. The monoisotopic (exact) mass is 202 g/mol. The molecule has 0 aliphatic heterocycles. The van der Waals surface area contributed by atoms with E-state index < -0.39 is 11.7 Å². The van der Waals surface area contributed by atoms with Gasteiger partial charge in [0.1, 0.15) is 5.60 Å². The number of carbonyl (C=O) groups is 1. The second-order valence-corrected chi connectivity index (χ2v) is 3.89. The number of rotatable bonds is 3. The molecule has 82 valence electrons. The molecule has 0 aliphatic rings. The summed E-state index contributed by atoms with van der Waals surface area (Å²) in [6.45, 7) is 7.51. The van der Waals surface area contributed by atoms with Crippen LogP contribution < -0.4 is 5.43 Å². The van der Waals surface area contributed by atoms with Crippen molar-refractivity contribution in [3.8, 4) is 0 Å². The van der Waals surface area contributed by atoms with Crippen LogP contribution in [-0.4, -0.2) is 31.1 Å². The van der Waals surface area contributed by atoms with Gasteiger partial charge in [-0.2, -0.15) is 5.10 Å². The zero-order chi connectivity index (χ0) is 11.2. The first kappa shape index (κ1) is 12.9. The van der Waals surface area contributed by atoms with E-state index in [1.165, 1.54) is 0 Å². The van der Waals surface area contributed by atoms with Crippen molar-refractivity contribution in [3.63, 3.8) is 0 Å². The summed E-state index contributed by atoms with van der Waals surface area (Å²) in [7, 11) is 1.56. The molecule has 0 unspecified atom stereocenters. The minimum atomic E-state index is -0.562. The van der Waals surface area contributed by atoms with E-state index in [1.807, 2.05) is 0 Å². The summed E-state index contributed by atoms with van der Waals surface area (Å²) in [4.78, 5) is 11.1. The molecule has 0 saturated carbocycles. The maximum Gasteiger partial charge on any atom is 0.428 e. The summed E-state index contributed by atoms with van der Waals surface area (Å²) in [5.41, 5.74) is 2.44. The Morgan fingerprint density at radius 3 is 2.43 bits per heavy atom. The Morgan fingerprint density at radius 1 is 1.43 bits per heavy atom. The van der Waals surface area contributed by atoms with Gasteiger partial charge in [-0.1, -0.05) is 0 Å². The van der Waals surface area contributed by atoms with Gasteiger partial charge in [-0.05, 0) is 27.7 Å². The first-order chi connectivity index (χ1) is 6.35. The zero-order valence-corrected chi connectivity index (χ0v) is 9.38. The maximum absolute atomic E-state index is 11.1. The van der Waals surface area contributed by atoms with Crippen molar-refractivity contribution in [1.82, 2.24) is 5.43 Å². The van der Waals surface area contributed by atoms with Crippen LogP contribution in [0.5, 0.6) is 0 Å². The lowest BCUT2D eigenvalue weighted by atomic mass is 10.2. The van der Waals surface area contributed by atoms with Crippen molar-refractivity contribution in [1.29, 1.82) is 0 Å². The Labute approximate surface area is 84.5 Å². The van der Waals surface area contributed by atoms with Crippen LogP contribution in [0.15, 0.2) is 5.10 Å². The van der Waals surface area contributed by atoms with E-state index in [4.69, 9.17) is 9.47 Å². The number of methoxy groups -OCH3 is 1. The molecule has 0 bridgehead atoms. The maximum atomic E-state index is 11.1. The molecule has 1 amide bonds. The molecule has 0 spiro atoms. The highest BCUT2D eigenvalue weighted by atomic mass is 16.6. The lowest BCUT2D eigenvalue weighted by molar-refractivity contribution is 0.0529. The third-order valence-electron chi connectivity index (χ3n) is 1.09. The Kier molecular flexibility index (Phi) is 5.15. The third kappa shape index (κ3) is 7.54. The summed E-state index contributed by atoms with van der Waals surface area (Å²) in [6, 6.07) is 0. The lowest BCUT2D eigenvalue weighted by Crippen LogP contribution is -2.30. The van der Waals surface area contributed by atoms with E-state index >= 15 is 0 Å². The van der Waals surface area contributed by atoms with Crippen molar-refractivity contribution in [2.24, 2.45) is 5.10 Å². The van der Waals surface area contributed by atoms with Gasteiger partial charge in [-0.15, -0.1) is 0 Å². The van der Waals surface area contributed by atoms with Crippen molar-refractivity contribution in [2.45, 2.75) is 33.3 Å². The lowest BCUT2D eigenvalue weighted by Gasteiger charge is -2.18. The van der Waals surface area contributed by atoms with Crippen LogP contribution >= 0.6 is 0 Å². The van der Waals surface area contributed by atoms with Gasteiger partial charge in [-0.25, -0.2) is 10.2 Å². The molecule has 0 atom stereocenters. The standard InChI is InChI=1S/C9H18N2O3/c1-7(6-13-5)10-11-8(12)14-9(2,3)4/h6H2,1-5H3,(H,11,12)/b10-7-. The number of nitrogens with zero attached hydrogens (tertiary/aromatic N) is 1. The van der Waals surface area contributed by atoms with Crippen LogP contribution in [0.1, 0.15) is 27.7 Å². The summed E-state index contributed by atoms with van der Waals surface area (Å²) in [5.74, 6) is 0. The molecular formula is C9H18N2O3. The quantitative estimate of drug-likeness (QED) is 0.557.